The van der Waals surface area contributed by atoms with Crippen LogP contribution in [0.25, 0.3) is 0 Å². The fourth-order valence-electron chi connectivity index (χ4n) is 1.06. The van der Waals surface area contributed by atoms with E-state index in [1.54, 1.807) is 7.11 Å². The van der Waals surface area contributed by atoms with Crippen LogP contribution in [-0.2, 0) is 4.74 Å². The number of hydrogen-bond donors (Lipinski definition) is 0. The summed E-state index contributed by atoms with van der Waals surface area (Å²) in [6.07, 6.45) is 0. The highest BCUT2D eigenvalue weighted by atomic mass is 79.9. The van der Waals surface area contributed by atoms with Crippen LogP contribution in [0.1, 0.15) is 11.4 Å². The van der Waals surface area contributed by atoms with Gasteiger partial charge in [-0.2, -0.15) is 0 Å². The summed E-state index contributed by atoms with van der Waals surface area (Å²) in [6, 6.07) is 1.91. The van der Waals surface area contributed by atoms with E-state index in [1.807, 2.05) is 19.9 Å². The lowest BCUT2D eigenvalue weighted by atomic mass is 10.3. The van der Waals surface area contributed by atoms with Crippen LogP contribution in [0.4, 0.5) is 0 Å². The molecule has 0 N–H and O–H groups in total. The van der Waals surface area contributed by atoms with Gasteiger partial charge >= 0.3 is 0 Å². The molecule has 72 valence electrons. The highest BCUT2D eigenvalue weighted by Crippen LogP contribution is 2.27. The van der Waals surface area contributed by atoms with Crippen LogP contribution >= 0.6 is 15.9 Å². The molecule has 0 saturated carbocycles. The van der Waals surface area contributed by atoms with Crippen molar-refractivity contribution < 1.29 is 9.47 Å². The Hall–Kier alpha value is -0.610. The fraction of sp³-hybridized carbons (Fsp3) is 0.444. The van der Waals surface area contributed by atoms with Crippen molar-refractivity contribution in [3.63, 3.8) is 0 Å². The number of aryl methyl sites for hydroxylation is 2. The van der Waals surface area contributed by atoms with Crippen molar-refractivity contribution in [1.29, 1.82) is 0 Å². The Balaban J connectivity index is 2.92. The highest BCUT2D eigenvalue weighted by Gasteiger charge is 2.06. The predicted molar refractivity (Wildman–Crippen MR) is 53.9 cm³/mol. The molecule has 4 heteroatoms. The number of pyridine rings is 1. The molecule has 0 aliphatic heterocycles. The summed E-state index contributed by atoms with van der Waals surface area (Å²) < 4.78 is 11.1. The van der Waals surface area contributed by atoms with Gasteiger partial charge in [0.05, 0.1) is 10.2 Å². The molecule has 1 heterocycles. The fourth-order valence-corrected chi connectivity index (χ4v) is 1.79. The molecule has 0 amide bonds. The van der Waals surface area contributed by atoms with Gasteiger partial charge in [-0.1, -0.05) is 0 Å². The highest BCUT2D eigenvalue weighted by molar-refractivity contribution is 9.10. The zero-order chi connectivity index (χ0) is 9.84. The Morgan fingerprint density at radius 1 is 1.46 bits per heavy atom. The maximum atomic E-state index is 5.34. The second-order valence-corrected chi connectivity index (χ2v) is 3.57. The number of hydrogen-bond acceptors (Lipinski definition) is 3. The van der Waals surface area contributed by atoms with Gasteiger partial charge in [0.1, 0.15) is 0 Å². The van der Waals surface area contributed by atoms with Gasteiger partial charge in [0.25, 0.3) is 0 Å². The number of aromatic nitrogens is 1. The van der Waals surface area contributed by atoms with Crippen molar-refractivity contribution in [1.82, 2.24) is 4.98 Å². The van der Waals surface area contributed by atoms with E-state index in [2.05, 4.69) is 20.9 Å². The molecule has 13 heavy (non-hydrogen) atoms. The standard InChI is InChI=1S/C9H12BrNO2/c1-6-4-8(10)9(7(2)11-6)13-5-12-3/h4H,5H2,1-3H3. The molecule has 0 spiro atoms. The molecule has 0 aromatic carbocycles. The van der Waals surface area contributed by atoms with Crippen LogP contribution in [0.3, 0.4) is 0 Å². The summed E-state index contributed by atoms with van der Waals surface area (Å²) in [5, 5.41) is 0. The molecule has 3 nitrogen and oxygen atoms in total. The molecule has 0 radical (unpaired) electrons. The smallest absolute Gasteiger partial charge is 0.188 e. The summed E-state index contributed by atoms with van der Waals surface area (Å²) in [6.45, 7) is 4.09. The molecule has 0 saturated heterocycles. The first-order chi connectivity index (χ1) is 6.15. The zero-order valence-corrected chi connectivity index (χ0v) is 9.51. The maximum Gasteiger partial charge on any atom is 0.188 e. The third-order valence-corrected chi connectivity index (χ3v) is 2.14. The molecule has 1 rings (SSSR count). The molecule has 0 unspecified atom stereocenters. The third-order valence-electron chi connectivity index (χ3n) is 1.55. The molecule has 0 fully saturated rings. The van der Waals surface area contributed by atoms with Crippen molar-refractivity contribution in [2.24, 2.45) is 0 Å². The molecule has 0 aliphatic carbocycles. The van der Waals surface area contributed by atoms with Crippen LogP contribution in [0.15, 0.2) is 10.5 Å². The first kappa shape index (κ1) is 10.5. The van der Waals surface area contributed by atoms with Crippen LogP contribution in [0.5, 0.6) is 5.75 Å². The molecule has 0 atom stereocenters. The van der Waals surface area contributed by atoms with Crippen LogP contribution < -0.4 is 4.74 Å². The van der Waals surface area contributed by atoms with Gasteiger partial charge in [-0.25, -0.2) is 0 Å². The molecular formula is C9H12BrNO2. The van der Waals surface area contributed by atoms with Gasteiger partial charge in [-0.15, -0.1) is 0 Å². The average molecular weight is 246 g/mol. The van der Waals surface area contributed by atoms with Gasteiger partial charge in [0, 0.05) is 12.8 Å². The Bertz CT molecular complexity index is 279. The monoisotopic (exact) mass is 245 g/mol. The number of nitrogens with zero attached hydrogens (tertiary/aromatic N) is 1. The minimum atomic E-state index is 0.240. The van der Waals surface area contributed by atoms with Gasteiger partial charge in [0.2, 0.25) is 0 Å². The van der Waals surface area contributed by atoms with Gasteiger partial charge in [-0.3, -0.25) is 4.98 Å². The second kappa shape index (κ2) is 4.58. The first-order valence-corrected chi connectivity index (χ1v) is 4.70. The van der Waals surface area contributed by atoms with E-state index in [9.17, 15) is 0 Å². The Morgan fingerprint density at radius 3 is 2.69 bits per heavy atom. The Morgan fingerprint density at radius 2 is 2.15 bits per heavy atom. The van der Waals surface area contributed by atoms with E-state index in [0.717, 1.165) is 21.6 Å². The number of methoxy groups -OCH3 is 1. The van der Waals surface area contributed by atoms with E-state index in [1.165, 1.54) is 0 Å². The first-order valence-electron chi connectivity index (χ1n) is 3.90. The topological polar surface area (TPSA) is 31.4 Å². The van der Waals surface area contributed by atoms with Crippen molar-refractivity contribution >= 4 is 15.9 Å². The third kappa shape index (κ3) is 2.67. The predicted octanol–water partition coefficient (Wildman–Crippen LogP) is 2.44. The lowest BCUT2D eigenvalue weighted by Crippen LogP contribution is -2.02. The molecule has 1 aromatic heterocycles. The normalized spacial score (nSPS) is 10.2. The summed E-state index contributed by atoms with van der Waals surface area (Å²) in [4.78, 5) is 4.28. The largest absolute Gasteiger partial charge is 0.464 e. The van der Waals surface area contributed by atoms with Crippen LogP contribution in [0.2, 0.25) is 0 Å². The Kier molecular flexibility index (Phi) is 3.69. The Labute approximate surface area is 86.2 Å². The molecule has 0 bridgehead atoms. The van der Waals surface area contributed by atoms with Crippen molar-refractivity contribution in [2.45, 2.75) is 13.8 Å². The van der Waals surface area contributed by atoms with E-state index in [0.29, 0.717) is 0 Å². The van der Waals surface area contributed by atoms with Gasteiger partial charge in [0.15, 0.2) is 12.5 Å². The summed E-state index contributed by atoms with van der Waals surface area (Å²) in [7, 11) is 1.59. The van der Waals surface area contributed by atoms with Crippen molar-refractivity contribution in [3.8, 4) is 5.75 Å². The van der Waals surface area contributed by atoms with Crippen molar-refractivity contribution in [2.75, 3.05) is 13.9 Å². The van der Waals surface area contributed by atoms with Crippen LogP contribution in [0, 0.1) is 13.8 Å². The van der Waals surface area contributed by atoms with E-state index >= 15 is 0 Å². The van der Waals surface area contributed by atoms with Crippen molar-refractivity contribution in [3.05, 3.63) is 21.9 Å². The number of halogens is 1. The van der Waals surface area contributed by atoms with E-state index in [-0.39, 0.29) is 6.79 Å². The molecule has 1 aromatic rings. The second-order valence-electron chi connectivity index (χ2n) is 2.71. The molecule has 0 aliphatic rings. The molecular weight excluding hydrogens is 234 g/mol. The lowest BCUT2D eigenvalue weighted by molar-refractivity contribution is 0.0497. The summed E-state index contributed by atoms with van der Waals surface area (Å²) in [5.74, 6) is 0.743. The zero-order valence-electron chi connectivity index (χ0n) is 7.93. The lowest BCUT2D eigenvalue weighted by Gasteiger charge is -2.09. The summed E-state index contributed by atoms with van der Waals surface area (Å²) in [5.41, 5.74) is 1.83. The average Bonchev–Trinajstić information content (AvgIpc) is 2.02. The minimum absolute atomic E-state index is 0.240. The van der Waals surface area contributed by atoms with Crippen LogP contribution in [-0.4, -0.2) is 18.9 Å². The number of rotatable bonds is 3. The summed E-state index contributed by atoms with van der Waals surface area (Å²) >= 11 is 3.41. The van der Waals surface area contributed by atoms with Gasteiger partial charge in [-0.05, 0) is 35.8 Å². The number of ether oxygens (including phenoxy) is 2. The SMILES string of the molecule is COCOc1c(Br)cc(C)nc1C. The minimum Gasteiger partial charge on any atom is -0.464 e. The van der Waals surface area contributed by atoms with Gasteiger partial charge < -0.3 is 9.47 Å². The van der Waals surface area contributed by atoms with E-state index in [4.69, 9.17) is 9.47 Å². The quantitative estimate of drug-likeness (QED) is 0.767. The van der Waals surface area contributed by atoms with E-state index < -0.39 is 0 Å². The maximum absolute atomic E-state index is 5.34.